The van der Waals surface area contributed by atoms with Gasteiger partial charge in [0, 0.05) is 25.2 Å². The van der Waals surface area contributed by atoms with E-state index in [0.29, 0.717) is 6.61 Å². The summed E-state index contributed by atoms with van der Waals surface area (Å²) in [6.07, 6.45) is 4.48. The molecule has 0 saturated carbocycles. The van der Waals surface area contributed by atoms with Gasteiger partial charge in [-0.25, -0.2) is 0 Å². The molecule has 3 nitrogen and oxygen atoms in total. The molecule has 0 fully saturated rings. The number of aryl methyl sites for hydroxylation is 1. The molecule has 3 heteroatoms. The third kappa shape index (κ3) is 4.23. The molecular weight excluding hydrogens is 308 g/mol. The number of likely N-dealkylation sites (N-methyl/N-ethyl adjacent to an activating group) is 1. The number of hydrogen-bond acceptors (Lipinski definition) is 2. The maximum Gasteiger partial charge on any atom is 0.129 e. The van der Waals surface area contributed by atoms with E-state index in [1.54, 1.807) is 0 Å². The lowest BCUT2D eigenvalue weighted by Gasteiger charge is -2.15. The van der Waals surface area contributed by atoms with Crippen molar-refractivity contribution in [3.63, 3.8) is 0 Å². The van der Waals surface area contributed by atoms with Crippen LogP contribution in [-0.2, 0) is 20.1 Å². The molecule has 0 N–H and O–H groups in total. The number of rotatable bonds is 8. The number of aromatic nitrogens is 1. The minimum Gasteiger partial charge on any atom is -0.488 e. The molecule has 1 aromatic heterocycles. The van der Waals surface area contributed by atoms with Gasteiger partial charge in [0.25, 0.3) is 0 Å². The maximum atomic E-state index is 6.19. The van der Waals surface area contributed by atoms with Gasteiger partial charge in [0.15, 0.2) is 0 Å². The SMILES string of the molecule is CCCN(C)CCc1cn(C)c2cccc(OCc3ccccc3)c12. The van der Waals surface area contributed by atoms with Crippen molar-refractivity contribution in [1.29, 1.82) is 0 Å². The van der Waals surface area contributed by atoms with Gasteiger partial charge in [0.2, 0.25) is 0 Å². The van der Waals surface area contributed by atoms with Gasteiger partial charge in [0.05, 0.1) is 5.52 Å². The van der Waals surface area contributed by atoms with Crippen LogP contribution in [-0.4, -0.2) is 29.6 Å². The van der Waals surface area contributed by atoms with Crippen molar-refractivity contribution in [2.24, 2.45) is 7.05 Å². The van der Waals surface area contributed by atoms with Crippen LogP contribution in [0.5, 0.6) is 5.75 Å². The quantitative estimate of drug-likeness (QED) is 0.596. The summed E-state index contributed by atoms with van der Waals surface area (Å²) in [6, 6.07) is 16.7. The molecule has 1 heterocycles. The molecule has 25 heavy (non-hydrogen) atoms. The lowest BCUT2D eigenvalue weighted by atomic mass is 10.1. The Bertz CT molecular complexity index is 808. The zero-order valence-electron chi connectivity index (χ0n) is 15.5. The van der Waals surface area contributed by atoms with Gasteiger partial charge in [-0.3, -0.25) is 0 Å². The fraction of sp³-hybridized carbons (Fsp3) is 0.364. The maximum absolute atomic E-state index is 6.19. The van der Waals surface area contributed by atoms with E-state index in [9.17, 15) is 0 Å². The van der Waals surface area contributed by atoms with E-state index >= 15 is 0 Å². The Kier molecular flexibility index (Phi) is 5.77. The summed E-state index contributed by atoms with van der Waals surface area (Å²) in [5, 5.41) is 1.26. The summed E-state index contributed by atoms with van der Waals surface area (Å²) in [7, 11) is 4.31. The van der Waals surface area contributed by atoms with E-state index in [2.05, 4.69) is 79.1 Å². The summed E-state index contributed by atoms with van der Waals surface area (Å²) < 4.78 is 8.39. The number of benzene rings is 2. The standard InChI is InChI=1S/C22H28N2O/c1-4-14-23(2)15-13-19-16-24(3)20-11-8-12-21(22(19)20)25-17-18-9-6-5-7-10-18/h5-12,16H,4,13-15,17H2,1-3H3. The van der Waals surface area contributed by atoms with Crippen LogP contribution in [0.3, 0.4) is 0 Å². The van der Waals surface area contributed by atoms with Crippen LogP contribution in [0.1, 0.15) is 24.5 Å². The highest BCUT2D eigenvalue weighted by Crippen LogP contribution is 2.31. The van der Waals surface area contributed by atoms with Crippen molar-refractivity contribution < 1.29 is 4.74 Å². The average Bonchev–Trinajstić information content (AvgIpc) is 2.96. The highest BCUT2D eigenvalue weighted by molar-refractivity contribution is 5.90. The van der Waals surface area contributed by atoms with Gasteiger partial charge in [-0.2, -0.15) is 0 Å². The molecule has 0 atom stereocenters. The monoisotopic (exact) mass is 336 g/mol. The zero-order valence-corrected chi connectivity index (χ0v) is 15.5. The summed E-state index contributed by atoms with van der Waals surface area (Å²) in [5.74, 6) is 0.982. The Morgan fingerprint density at radius 2 is 1.80 bits per heavy atom. The highest BCUT2D eigenvalue weighted by atomic mass is 16.5. The molecule has 0 aliphatic rings. The lowest BCUT2D eigenvalue weighted by molar-refractivity contribution is 0.309. The van der Waals surface area contributed by atoms with E-state index in [0.717, 1.165) is 25.3 Å². The van der Waals surface area contributed by atoms with Crippen LogP contribution in [0.4, 0.5) is 0 Å². The molecule has 0 amide bonds. The highest BCUT2D eigenvalue weighted by Gasteiger charge is 2.12. The molecule has 3 aromatic rings. The van der Waals surface area contributed by atoms with Crippen LogP contribution < -0.4 is 4.74 Å². The van der Waals surface area contributed by atoms with Crippen LogP contribution >= 0.6 is 0 Å². The Labute approximate surface area is 150 Å². The first-order chi connectivity index (χ1) is 12.2. The predicted octanol–water partition coefficient (Wildman–Crippen LogP) is 4.64. The zero-order chi connectivity index (χ0) is 17.6. The smallest absolute Gasteiger partial charge is 0.129 e. The molecule has 0 bridgehead atoms. The predicted molar refractivity (Wildman–Crippen MR) is 105 cm³/mol. The molecule has 132 valence electrons. The van der Waals surface area contributed by atoms with E-state index in [1.807, 2.05) is 6.07 Å². The van der Waals surface area contributed by atoms with Gasteiger partial charge >= 0.3 is 0 Å². The number of ether oxygens (including phenoxy) is 1. The average molecular weight is 336 g/mol. The second-order valence-corrected chi connectivity index (χ2v) is 6.74. The fourth-order valence-electron chi connectivity index (χ4n) is 3.35. The first kappa shape index (κ1) is 17.6. The molecule has 0 aliphatic heterocycles. The third-order valence-corrected chi connectivity index (χ3v) is 4.66. The summed E-state index contributed by atoms with van der Waals surface area (Å²) in [6.45, 7) is 5.04. The topological polar surface area (TPSA) is 17.4 Å². The molecule has 2 aromatic carbocycles. The van der Waals surface area contributed by atoms with Crippen molar-refractivity contribution >= 4 is 10.9 Å². The minimum absolute atomic E-state index is 0.601. The Morgan fingerprint density at radius 3 is 2.56 bits per heavy atom. The summed E-state index contributed by atoms with van der Waals surface area (Å²) in [5.41, 5.74) is 3.79. The third-order valence-electron chi connectivity index (χ3n) is 4.66. The summed E-state index contributed by atoms with van der Waals surface area (Å²) in [4.78, 5) is 2.40. The molecule has 0 unspecified atom stereocenters. The van der Waals surface area contributed by atoms with E-state index in [-0.39, 0.29) is 0 Å². The van der Waals surface area contributed by atoms with Gasteiger partial charge in [-0.1, -0.05) is 43.3 Å². The minimum atomic E-state index is 0.601. The molecule has 0 aliphatic carbocycles. The van der Waals surface area contributed by atoms with Crippen LogP contribution in [0, 0.1) is 0 Å². The van der Waals surface area contributed by atoms with Gasteiger partial charge in [-0.15, -0.1) is 0 Å². The van der Waals surface area contributed by atoms with E-state index < -0.39 is 0 Å². The van der Waals surface area contributed by atoms with E-state index in [1.165, 1.54) is 28.5 Å². The van der Waals surface area contributed by atoms with Crippen LogP contribution in [0.15, 0.2) is 54.7 Å². The Balaban J connectivity index is 1.83. The first-order valence-electron chi connectivity index (χ1n) is 9.11. The lowest BCUT2D eigenvalue weighted by Crippen LogP contribution is -2.21. The number of nitrogens with zero attached hydrogens (tertiary/aromatic N) is 2. The molecule has 3 rings (SSSR count). The van der Waals surface area contributed by atoms with Crippen molar-refractivity contribution in [2.75, 3.05) is 20.1 Å². The first-order valence-corrected chi connectivity index (χ1v) is 9.11. The fourth-order valence-corrected chi connectivity index (χ4v) is 3.35. The Hall–Kier alpha value is -2.26. The second kappa shape index (κ2) is 8.21. The second-order valence-electron chi connectivity index (χ2n) is 6.74. The van der Waals surface area contributed by atoms with Crippen LogP contribution in [0.2, 0.25) is 0 Å². The molecule has 0 saturated heterocycles. The van der Waals surface area contributed by atoms with Gasteiger partial charge < -0.3 is 14.2 Å². The Morgan fingerprint density at radius 1 is 1.00 bits per heavy atom. The van der Waals surface area contributed by atoms with Crippen molar-refractivity contribution in [3.05, 3.63) is 65.9 Å². The van der Waals surface area contributed by atoms with Crippen molar-refractivity contribution in [3.8, 4) is 5.75 Å². The van der Waals surface area contributed by atoms with Crippen LogP contribution in [0.25, 0.3) is 10.9 Å². The normalized spacial score (nSPS) is 11.4. The molecule has 0 radical (unpaired) electrons. The van der Waals surface area contributed by atoms with Crippen molar-refractivity contribution in [1.82, 2.24) is 9.47 Å². The summed E-state index contributed by atoms with van der Waals surface area (Å²) >= 11 is 0. The van der Waals surface area contributed by atoms with E-state index in [4.69, 9.17) is 4.74 Å². The van der Waals surface area contributed by atoms with Gasteiger partial charge in [-0.05, 0) is 49.7 Å². The molecule has 0 spiro atoms. The largest absolute Gasteiger partial charge is 0.488 e. The number of hydrogen-bond donors (Lipinski definition) is 0. The van der Waals surface area contributed by atoms with Gasteiger partial charge in [0.1, 0.15) is 12.4 Å². The number of fused-ring (bicyclic) bond motifs is 1. The van der Waals surface area contributed by atoms with Crippen molar-refractivity contribution in [2.45, 2.75) is 26.4 Å². The molecular formula is C22H28N2O.